The maximum Gasteiger partial charge on any atom is 0.241 e. The highest BCUT2D eigenvalue weighted by atomic mass is 35.5. The largest absolute Gasteiger partial charge is 0.372 e. The molecule has 7 nitrogen and oxygen atoms in total. The van der Waals surface area contributed by atoms with Crippen LogP contribution in [0.5, 0.6) is 0 Å². The molecule has 1 aromatic carbocycles. The third-order valence-corrected chi connectivity index (χ3v) is 6.07. The van der Waals surface area contributed by atoms with Gasteiger partial charge in [-0.05, 0) is 49.2 Å². The van der Waals surface area contributed by atoms with Gasteiger partial charge in [-0.15, -0.1) is 12.4 Å². The number of amides is 1. The summed E-state index contributed by atoms with van der Waals surface area (Å²) in [6.07, 6.45) is 1.78. The van der Waals surface area contributed by atoms with E-state index in [2.05, 4.69) is 10.0 Å². The van der Waals surface area contributed by atoms with Crippen LogP contribution in [-0.4, -0.2) is 51.9 Å². The van der Waals surface area contributed by atoms with Crippen molar-refractivity contribution in [3.05, 3.63) is 29.3 Å². The molecule has 2 aliphatic heterocycles. The summed E-state index contributed by atoms with van der Waals surface area (Å²) in [6.45, 7) is 2.48. The smallest absolute Gasteiger partial charge is 0.241 e. The third kappa shape index (κ3) is 4.71. The summed E-state index contributed by atoms with van der Waals surface area (Å²) < 4.78 is 32.5. The predicted molar refractivity (Wildman–Crippen MR) is 96.0 cm³/mol. The summed E-state index contributed by atoms with van der Waals surface area (Å²) in [5.74, 6) is -0.213. The molecule has 2 N–H and O–H groups in total. The molecule has 0 saturated carbocycles. The highest BCUT2D eigenvalue weighted by molar-refractivity contribution is 7.89. The number of carbonyl (C=O) groups excluding carboxylic acids is 1. The second kappa shape index (κ2) is 8.46. The Hall–Kier alpha value is -1.19. The van der Waals surface area contributed by atoms with Crippen molar-refractivity contribution in [2.45, 2.75) is 37.0 Å². The number of halogens is 1. The highest BCUT2D eigenvalue weighted by Gasteiger charge is 2.24. The standard InChI is InChI=1S/C16H23N3O4S.ClH/c1-19(14-4-6-17-7-5-14)16(20)9-18-24(21,22)15-3-2-12-10-23-11-13(12)8-15;/h2-3,8,14,17-18H,4-7,9-11H2,1H3;1H. The Balaban J connectivity index is 0.00000225. The summed E-state index contributed by atoms with van der Waals surface area (Å²) >= 11 is 0. The number of benzene rings is 1. The molecule has 1 fully saturated rings. The van der Waals surface area contributed by atoms with Gasteiger partial charge in [-0.1, -0.05) is 6.07 Å². The molecular formula is C16H24ClN3O4S. The molecule has 1 saturated heterocycles. The topological polar surface area (TPSA) is 87.7 Å². The van der Waals surface area contributed by atoms with Gasteiger partial charge in [-0.2, -0.15) is 0 Å². The van der Waals surface area contributed by atoms with Crippen molar-refractivity contribution in [3.8, 4) is 0 Å². The Labute approximate surface area is 154 Å². The SMILES string of the molecule is CN(C(=O)CNS(=O)(=O)c1ccc2c(c1)COC2)C1CCNCC1.Cl. The van der Waals surface area contributed by atoms with E-state index < -0.39 is 10.0 Å². The van der Waals surface area contributed by atoms with Crippen molar-refractivity contribution in [2.24, 2.45) is 0 Å². The molecule has 1 amide bonds. The Morgan fingerprint density at radius 3 is 2.68 bits per heavy atom. The number of hydrogen-bond acceptors (Lipinski definition) is 5. The minimum absolute atomic E-state index is 0. The molecule has 0 spiro atoms. The van der Waals surface area contributed by atoms with Crippen molar-refractivity contribution in [1.82, 2.24) is 14.9 Å². The Kier molecular flexibility index (Phi) is 6.81. The van der Waals surface area contributed by atoms with E-state index in [-0.39, 0.29) is 35.8 Å². The predicted octanol–water partition coefficient (Wildman–Crippen LogP) is 0.627. The van der Waals surface area contributed by atoms with Gasteiger partial charge in [0.05, 0.1) is 24.7 Å². The number of carbonyl (C=O) groups is 1. The van der Waals surface area contributed by atoms with E-state index in [1.54, 1.807) is 30.1 Å². The van der Waals surface area contributed by atoms with Gasteiger partial charge in [0.15, 0.2) is 0 Å². The first-order valence-corrected chi connectivity index (χ1v) is 9.61. The summed E-state index contributed by atoms with van der Waals surface area (Å²) in [4.78, 5) is 14.1. The quantitative estimate of drug-likeness (QED) is 0.771. The van der Waals surface area contributed by atoms with E-state index in [4.69, 9.17) is 4.74 Å². The molecule has 9 heteroatoms. The normalized spacial score (nSPS) is 17.6. The van der Waals surface area contributed by atoms with Crippen LogP contribution in [0.2, 0.25) is 0 Å². The first kappa shape index (κ1) is 20.1. The number of piperidine rings is 1. The molecule has 25 heavy (non-hydrogen) atoms. The number of ether oxygens (including phenoxy) is 1. The minimum Gasteiger partial charge on any atom is -0.372 e. The van der Waals surface area contributed by atoms with E-state index in [1.165, 1.54) is 0 Å². The second-order valence-electron chi connectivity index (χ2n) is 6.23. The molecule has 140 valence electrons. The van der Waals surface area contributed by atoms with Crippen LogP contribution in [0.4, 0.5) is 0 Å². The van der Waals surface area contributed by atoms with Gasteiger partial charge in [0, 0.05) is 13.1 Å². The molecule has 0 radical (unpaired) electrons. The molecular weight excluding hydrogens is 366 g/mol. The van der Waals surface area contributed by atoms with Crippen LogP contribution in [0.25, 0.3) is 0 Å². The number of nitrogens with zero attached hydrogens (tertiary/aromatic N) is 1. The first-order valence-electron chi connectivity index (χ1n) is 8.13. The summed E-state index contributed by atoms with van der Waals surface area (Å²) in [5, 5.41) is 3.25. The zero-order chi connectivity index (χ0) is 17.2. The van der Waals surface area contributed by atoms with Crippen molar-refractivity contribution < 1.29 is 17.9 Å². The second-order valence-corrected chi connectivity index (χ2v) is 8.00. The van der Waals surface area contributed by atoms with Crippen molar-refractivity contribution >= 4 is 28.3 Å². The number of sulfonamides is 1. The number of nitrogens with one attached hydrogen (secondary N) is 2. The van der Waals surface area contributed by atoms with E-state index in [0.29, 0.717) is 13.2 Å². The van der Waals surface area contributed by atoms with E-state index in [0.717, 1.165) is 37.1 Å². The van der Waals surface area contributed by atoms with Gasteiger partial charge in [0.2, 0.25) is 15.9 Å². The lowest BCUT2D eigenvalue weighted by molar-refractivity contribution is -0.131. The van der Waals surface area contributed by atoms with Crippen LogP contribution in [0.1, 0.15) is 24.0 Å². The zero-order valence-electron chi connectivity index (χ0n) is 14.2. The fraction of sp³-hybridized carbons (Fsp3) is 0.562. The fourth-order valence-electron chi connectivity index (χ4n) is 3.08. The van der Waals surface area contributed by atoms with Crippen LogP contribution >= 0.6 is 12.4 Å². The summed E-state index contributed by atoms with van der Waals surface area (Å²) in [7, 11) is -1.97. The zero-order valence-corrected chi connectivity index (χ0v) is 15.8. The van der Waals surface area contributed by atoms with Crippen molar-refractivity contribution in [2.75, 3.05) is 26.7 Å². The van der Waals surface area contributed by atoms with Gasteiger partial charge < -0.3 is 15.0 Å². The molecule has 0 unspecified atom stereocenters. The van der Waals surface area contributed by atoms with E-state index in [1.807, 2.05) is 0 Å². The van der Waals surface area contributed by atoms with Crippen LogP contribution in [0.15, 0.2) is 23.1 Å². The van der Waals surface area contributed by atoms with E-state index in [9.17, 15) is 13.2 Å². The highest BCUT2D eigenvalue weighted by Crippen LogP contribution is 2.23. The Morgan fingerprint density at radius 1 is 1.28 bits per heavy atom. The number of hydrogen-bond donors (Lipinski definition) is 2. The van der Waals surface area contributed by atoms with Crippen LogP contribution < -0.4 is 10.0 Å². The van der Waals surface area contributed by atoms with Gasteiger partial charge in [0.1, 0.15) is 0 Å². The lowest BCUT2D eigenvalue weighted by atomic mass is 10.1. The number of likely N-dealkylation sites (N-methyl/N-ethyl adjacent to an activating group) is 1. The number of rotatable bonds is 5. The van der Waals surface area contributed by atoms with Crippen molar-refractivity contribution in [1.29, 1.82) is 0 Å². The minimum atomic E-state index is -3.71. The average molecular weight is 390 g/mol. The lowest BCUT2D eigenvalue weighted by Crippen LogP contribution is -2.47. The van der Waals surface area contributed by atoms with E-state index >= 15 is 0 Å². The maximum atomic E-state index is 12.4. The molecule has 3 rings (SSSR count). The third-order valence-electron chi connectivity index (χ3n) is 4.67. The van der Waals surface area contributed by atoms with Gasteiger partial charge in [-0.25, -0.2) is 13.1 Å². The van der Waals surface area contributed by atoms with Crippen LogP contribution in [0, 0.1) is 0 Å². The number of fused-ring (bicyclic) bond motifs is 1. The van der Waals surface area contributed by atoms with Crippen molar-refractivity contribution in [3.63, 3.8) is 0 Å². The molecule has 0 aromatic heterocycles. The molecule has 0 atom stereocenters. The maximum absolute atomic E-state index is 12.4. The van der Waals surface area contributed by atoms with Gasteiger partial charge >= 0.3 is 0 Å². The molecule has 2 aliphatic rings. The van der Waals surface area contributed by atoms with Gasteiger partial charge in [-0.3, -0.25) is 4.79 Å². The van der Waals surface area contributed by atoms with Gasteiger partial charge in [0.25, 0.3) is 0 Å². The average Bonchev–Trinajstić information content (AvgIpc) is 3.07. The Morgan fingerprint density at radius 2 is 1.96 bits per heavy atom. The fourth-order valence-corrected chi connectivity index (χ4v) is 4.10. The molecule has 0 bridgehead atoms. The first-order chi connectivity index (χ1) is 11.5. The molecule has 0 aliphatic carbocycles. The summed E-state index contributed by atoms with van der Waals surface area (Å²) in [5.41, 5.74) is 1.90. The molecule has 1 aromatic rings. The lowest BCUT2D eigenvalue weighted by Gasteiger charge is -2.31. The summed E-state index contributed by atoms with van der Waals surface area (Å²) in [6, 6.07) is 5.10. The molecule has 2 heterocycles. The monoisotopic (exact) mass is 389 g/mol. The van der Waals surface area contributed by atoms with Crippen LogP contribution in [0.3, 0.4) is 0 Å². The Bertz CT molecular complexity index is 720. The van der Waals surface area contributed by atoms with Crippen LogP contribution in [-0.2, 0) is 32.8 Å².